The highest BCUT2D eigenvalue weighted by molar-refractivity contribution is 5.99. The van der Waals surface area contributed by atoms with Gasteiger partial charge in [0.1, 0.15) is 5.82 Å². The molecule has 1 rings (SSSR count). The molecule has 3 N–H and O–H groups in total. The Kier molecular flexibility index (Phi) is 4.70. The molecule has 0 aliphatic rings. The number of anilines is 1. The molecule has 0 atom stereocenters. The molecule has 0 aromatic heterocycles. The number of benzene rings is 1. The minimum atomic E-state index is -0.434. The highest BCUT2D eigenvalue weighted by Gasteiger charge is 2.26. The molecule has 0 radical (unpaired) electrons. The summed E-state index contributed by atoms with van der Waals surface area (Å²) in [5.74, 6) is -0.671. The first kappa shape index (κ1) is 14.5. The van der Waals surface area contributed by atoms with Crippen LogP contribution in [-0.2, 0) is 0 Å². The molecule has 0 saturated heterocycles. The summed E-state index contributed by atoms with van der Waals surface area (Å²) in [5, 5.41) is 3.01. The maximum atomic E-state index is 12.9. The number of halogens is 1. The summed E-state index contributed by atoms with van der Waals surface area (Å²) >= 11 is 0. The van der Waals surface area contributed by atoms with E-state index in [0.29, 0.717) is 5.56 Å². The predicted octanol–water partition coefficient (Wildman–Crippen LogP) is 3.11. The summed E-state index contributed by atoms with van der Waals surface area (Å²) in [6, 6.07) is 3.84. The number of nitrogens with two attached hydrogens (primary N) is 1. The fourth-order valence-electron chi connectivity index (χ4n) is 2.06. The largest absolute Gasteiger partial charge is 0.398 e. The van der Waals surface area contributed by atoms with E-state index in [1.807, 2.05) is 20.8 Å². The molecule has 18 heavy (non-hydrogen) atoms. The lowest BCUT2D eigenvalue weighted by Crippen LogP contribution is -2.47. The third-order valence-electron chi connectivity index (χ3n) is 3.67. The number of nitrogen functional groups attached to an aromatic ring is 1. The molecule has 1 aromatic carbocycles. The highest BCUT2D eigenvalue weighted by atomic mass is 19.1. The van der Waals surface area contributed by atoms with Crippen molar-refractivity contribution in [1.82, 2.24) is 5.32 Å². The average Bonchev–Trinajstić information content (AvgIpc) is 2.36. The SMILES string of the molecule is CCC(CC)(CC)NC(=O)c1ccc(F)cc1N. The Hall–Kier alpha value is -1.58. The zero-order valence-corrected chi connectivity index (χ0v) is 11.2. The molecule has 100 valence electrons. The first-order valence-electron chi connectivity index (χ1n) is 6.35. The average molecular weight is 252 g/mol. The van der Waals surface area contributed by atoms with Crippen LogP contribution in [0.2, 0.25) is 0 Å². The summed E-state index contributed by atoms with van der Waals surface area (Å²) in [5.41, 5.74) is 5.96. The van der Waals surface area contributed by atoms with Crippen molar-refractivity contribution in [3.63, 3.8) is 0 Å². The quantitative estimate of drug-likeness (QED) is 0.791. The number of hydrogen-bond acceptors (Lipinski definition) is 2. The topological polar surface area (TPSA) is 55.1 Å². The second-order valence-electron chi connectivity index (χ2n) is 4.53. The van der Waals surface area contributed by atoms with Gasteiger partial charge in [0.15, 0.2) is 0 Å². The number of hydrogen-bond donors (Lipinski definition) is 2. The van der Waals surface area contributed by atoms with Crippen LogP contribution in [0.1, 0.15) is 50.4 Å². The molecule has 0 unspecified atom stereocenters. The van der Waals surface area contributed by atoms with E-state index in [2.05, 4.69) is 5.32 Å². The Bertz CT molecular complexity index is 420. The number of carbonyl (C=O) groups is 1. The molecule has 3 nitrogen and oxygen atoms in total. The van der Waals surface area contributed by atoms with E-state index >= 15 is 0 Å². The van der Waals surface area contributed by atoms with Crippen molar-refractivity contribution in [1.29, 1.82) is 0 Å². The van der Waals surface area contributed by atoms with Crippen LogP contribution in [0, 0.1) is 5.82 Å². The van der Waals surface area contributed by atoms with Crippen molar-refractivity contribution in [3.8, 4) is 0 Å². The van der Waals surface area contributed by atoms with Crippen LogP contribution >= 0.6 is 0 Å². The van der Waals surface area contributed by atoms with Crippen LogP contribution in [0.5, 0.6) is 0 Å². The summed E-state index contributed by atoms with van der Waals surface area (Å²) in [4.78, 5) is 12.2. The molecule has 0 saturated carbocycles. The van der Waals surface area contributed by atoms with Crippen LogP contribution < -0.4 is 11.1 Å². The third kappa shape index (κ3) is 3.00. The Morgan fingerprint density at radius 3 is 2.28 bits per heavy atom. The molecule has 1 amide bonds. The standard InChI is InChI=1S/C14H21FN2O/c1-4-14(5-2,6-3)17-13(18)11-8-7-10(15)9-12(11)16/h7-9H,4-6,16H2,1-3H3,(H,17,18). The molecule has 0 fully saturated rings. The van der Waals surface area contributed by atoms with Gasteiger partial charge in [-0.25, -0.2) is 4.39 Å². The van der Waals surface area contributed by atoms with E-state index in [1.54, 1.807) is 0 Å². The minimum Gasteiger partial charge on any atom is -0.398 e. The second kappa shape index (κ2) is 5.85. The second-order valence-corrected chi connectivity index (χ2v) is 4.53. The van der Waals surface area contributed by atoms with Gasteiger partial charge >= 0.3 is 0 Å². The fourth-order valence-corrected chi connectivity index (χ4v) is 2.06. The van der Waals surface area contributed by atoms with E-state index in [9.17, 15) is 9.18 Å². The Labute approximate surface area is 108 Å². The lowest BCUT2D eigenvalue weighted by molar-refractivity contribution is 0.0889. The first-order valence-corrected chi connectivity index (χ1v) is 6.35. The number of carbonyl (C=O) groups excluding carboxylic acids is 1. The van der Waals surface area contributed by atoms with Gasteiger partial charge in [-0.15, -0.1) is 0 Å². The Morgan fingerprint density at radius 1 is 1.28 bits per heavy atom. The maximum absolute atomic E-state index is 12.9. The fraction of sp³-hybridized carbons (Fsp3) is 0.500. The maximum Gasteiger partial charge on any atom is 0.253 e. The van der Waals surface area contributed by atoms with Gasteiger partial charge in [-0.3, -0.25) is 4.79 Å². The van der Waals surface area contributed by atoms with Crippen molar-refractivity contribution in [2.75, 3.05) is 5.73 Å². The lowest BCUT2D eigenvalue weighted by atomic mass is 9.89. The van der Waals surface area contributed by atoms with Crippen LogP contribution in [-0.4, -0.2) is 11.4 Å². The van der Waals surface area contributed by atoms with Crippen molar-refractivity contribution in [3.05, 3.63) is 29.6 Å². The van der Waals surface area contributed by atoms with E-state index < -0.39 is 5.82 Å². The summed E-state index contributed by atoms with van der Waals surface area (Å²) in [6.07, 6.45) is 2.56. The van der Waals surface area contributed by atoms with Gasteiger partial charge in [-0.2, -0.15) is 0 Å². The molecule has 1 aromatic rings. The van der Waals surface area contributed by atoms with E-state index in [-0.39, 0.29) is 17.1 Å². The predicted molar refractivity (Wildman–Crippen MR) is 71.9 cm³/mol. The molecule has 0 spiro atoms. The van der Waals surface area contributed by atoms with E-state index in [0.717, 1.165) is 19.3 Å². The molecule has 0 heterocycles. The van der Waals surface area contributed by atoms with E-state index in [1.165, 1.54) is 18.2 Å². The van der Waals surface area contributed by atoms with Crippen LogP contribution in [0.3, 0.4) is 0 Å². The Morgan fingerprint density at radius 2 is 1.83 bits per heavy atom. The molecular weight excluding hydrogens is 231 g/mol. The molecule has 0 aliphatic heterocycles. The van der Waals surface area contributed by atoms with Crippen molar-refractivity contribution in [2.45, 2.75) is 45.6 Å². The van der Waals surface area contributed by atoms with Crippen LogP contribution in [0.25, 0.3) is 0 Å². The Balaban J connectivity index is 2.94. The van der Waals surface area contributed by atoms with Gasteiger partial charge in [0, 0.05) is 11.2 Å². The first-order chi connectivity index (χ1) is 8.48. The van der Waals surface area contributed by atoms with Gasteiger partial charge < -0.3 is 11.1 Å². The van der Waals surface area contributed by atoms with Gasteiger partial charge in [-0.05, 0) is 37.5 Å². The smallest absolute Gasteiger partial charge is 0.253 e. The zero-order chi connectivity index (χ0) is 13.8. The van der Waals surface area contributed by atoms with Gasteiger partial charge in [0.05, 0.1) is 5.56 Å². The molecule has 0 aliphatic carbocycles. The highest BCUT2D eigenvalue weighted by Crippen LogP contribution is 2.21. The minimum absolute atomic E-state index is 0.171. The number of amides is 1. The molecular formula is C14H21FN2O. The van der Waals surface area contributed by atoms with Crippen molar-refractivity contribution >= 4 is 11.6 Å². The van der Waals surface area contributed by atoms with Crippen molar-refractivity contribution in [2.24, 2.45) is 0 Å². The summed E-state index contributed by atoms with van der Waals surface area (Å²) in [7, 11) is 0. The lowest BCUT2D eigenvalue weighted by Gasteiger charge is -2.32. The summed E-state index contributed by atoms with van der Waals surface area (Å²) in [6.45, 7) is 6.13. The van der Waals surface area contributed by atoms with Gasteiger partial charge in [0.25, 0.3) is 5.91 Å². The van der Waals surface area contributed by atoms with Crippen LogP contribution in [0.4, 0.5) is 10.1 Å². The third-order valence-corrected chi connectivity index (χ3v) is 3.67. The van der Waals surface area contributed by atoms with Crippen molar-refractivity contribution < 1.29 is 9.18 Å². The summed E-state index contributed by atoms with van der Waals surface area (Å²) < 4.78 is 12.9. The monoisotopic (exact) mass is 252 g/mol. The van der Waals surface area contributed by atoms with Gasteiger partial charge in [-0.1, -0.05) is 20.8 Å². The number of rotatable bonds is 5. The zero-order valence-electron chi connectivity index (χ0n) is 11.2. The molecule has 0 bridgehead atoms. The van der Waals surface area contributed by atoms with Crippen LogP contribution in [0.15, 0.2) is 18.2 Å². The molecule has 4 heteroatoms. The van der Waals surface area contributed by atoms with Gasteiger partial charge in [0.2, 0.25) is 0 Å². The van der Waals surface area contributed by atoms with E-state index in [4.69, 9.17) is 5.73 Å². The number of nitrogens with one attached hydrogen (secondary N) is 1. The normalized spacial score (nSPS) is 11.3.